The molecule has 23 heavy (non-hydrogen) atoms. The highest BCUT2D eigenvalue weighted by atomic mass is 16.7. The first-order valence-corrected chi connectivity index (χ1v) is 6.67. The van der Waals surface area contributed by atoms with Gasteiger partial charge >= 0.3 is 0 Å². The van der Waals surface area contributed by atoms with Gasteiger partial charge in [0.1, 0.15) is 24.4 Å². The van der Waals surface area contributed by atoms with Crippen molar-refractivity contribution in [1.82, 2.24) is 0 Å². The van der Waals surface area contributed by atoms with E-state index in [-0.39, 0.29) is 0 Å². The predicted molar refractivity (Wildman–Crippen MR) is 67.7 cm³/mol. The predicted octanol–water partition coefficient (Wildman–Crippen LogP) is -4.16. The van der Waals surface area contributed by atoms with Gasteiger partial charge in [0.25, 0.3) is 5.78 Å². The van der Waals surface area contributed by atoms with Gasteiger partial charge in [-0.15, -0.1) is 0 Å². The van der Waals surface area contributed by atoms with Crippen LogP contribution < -0.4 is 0 Å². The fourth-order valence-electron chi connectivity index (χ4n) is 2.50. The summed E-state index contributed by atoms with van der Waals surface area (Å²) in [7, 11) is 0. The van der Waals surface area contributed by atoms with E-state index in [0.29, 0.717) is 0 Å². The number of Topliss-reactive ketones (excluding diaryl/α,β-unsaturated/α-hetero) is 4. The number of aliphatic hydroxyl groups excluding tert-OH is 4. The van der Waals surface area contributed by atoms with Gasteiger partial charge in [-0.25, -0.2) is 0 Å². The summed E-state index contributed by atoms with van der Waals surface area (Å²) in [6.07, 6.45) is -11.0. The van der Waals surface area contributed by atoms with Gasteiger partial charge < -0.3 is 30.3 Å². The Balaban J connectivity index is 2.37. The van der Waals surface area contributed by atoms with Crippen LogP contribution in [0.4, 0.5) is 0 Å². The summed E-state index contributed by atoms with van der Waals surface area (Å²) in [5.41, 5.74) is 0. The zero-order valence-electron chi connectivity index (χ0n) is 12.7. The number of hydrogen-bond donors (Lipinski definition) is 5. The number of ketones is 4. The van der Waals surface area contributed by atoms with E-state index >= 15 is 0 Å². The van der Waals surface area contributed by atoms with E-state index in [1.807, 2.05) is 0 Å². The van der Waals surface area contributed by atoms with Crippen molar-refractivity contribution in [3.05, 3.63) is 0 Å². The molecule has 2 aliphatic rings. The van der Waals surface area contributed by atoms with Crippen LogP contribution in [0.5, 0.6) is 0 Å². The van der Waals surface area contributed by atoms with Crippen LogP contribution in [-0.4, -0.2) is 85.5 Å². The molecule has 2 rings (SSSR count). The van der Waals surface area contributed by atoms with Crippen LogP contribution in [0.2, 0.25) is 0 Å². The molecule has 1 aliphatic heterocycles. The highest BCUT2D eigenvalue weighted by Crippen LogP contribution is 2.34. The monoisotopic (exact) mass is 333 g/mol. The number of aliphatic hydroxyl groups is 5. The molecule has 2 fully saturated rings. The maximum Gasteiger partial charge on any atom is 0.265 e. The summed E-state index contributed by atoms with van der Waals surface area (Å²) in [4.78, 5) is 46.4. The van der Waals surface area contributed by atoms with Crippen molar-refractivity contribution in [2.75, 3.05) is 6.61 Å². The minimum absolute atomic E-state index is 0.913. The van der Waals surface area contributed by atoms with Crippen molar-refractivity contribution in [3.63, 3.8) is 0 Å². The lowest BCUT2D eigenvalue weighted by molar-refractivity contribution is -0.352. The van der Waals surface area contributed by atoms with Gasteiger partial charge in [-0.3, -0.25) is 19.2 Å². The number of hydrogen-bond acceptors (Lipinski definition) is 10. The molecular weight excluding hydrogens is 316 g/mol. The van der Waals surface area contributed by atoms with Gasteiger partial charge in [0.05, 0.1) is 18.9 Å². The average Bonchev–Trinajstić information content (AvgIpc) is 2.54. The first-order chi connectivity index (χ1) is 11.1. The van der Waals surface area contributed by atoms with Crippen molar-refractivity contribution >= 4 is 23.1 Å². The quantitative estimate of drug-likeness (QED) is 0.251. The number of rotatable bonds is 3. The van der Waals surface area contributed by atoms with E-state index in [0.717, 1.165) is 0 Å². The number of ether oxygens (including phenoxy) is 1. The summed E-state index contributed by atoms with van der Waals surface area (Å²) in [5, 5.41) is 48.7. The third-order valence-electron chi connectivity index (χ3n) is 3.84. The molecule has 1 saturated heterocycles. The second kappa shape index (κ2) is 6.15. The fourth-order valence-corrected chi connectivity index (χ4v) is 2.50. The zero-order chi connectivity index (χ0) is 18.4. The molecule has 0 radical (unpaired) electrons. The molecule has 128 valence electrons. The minimum Gasteiger partial charge on any atom is -0.394 e. The SMILES string of the molecule is [2H]C(C1C(=O)CC(=O)C(=O)C1=O)C1(O)O[C@H](CO)[C@H](O)[C@H](O)[C@H]1O. The molecule has 3 unspecified atom stereocenters. The highest BCUT2D eigenvalue weighted by molar-refractivity contribution is 6.69. The molecule has 0 aromatic rings. The van der Waals surface area contributed by atoms with Crippen LogP contribution in [0.3, 0.4) is 0 Å². The molecule has 1 heterocycles. The van der Waals surface area contributed by atoms with Crippen LogP contribution in [-0.2, 0) is 23.9 Å². The summed E-state index contributed by atoms with van der Waals surface area (Å²) >= 11 is 0. The average molecular weight is 333 g/mol. The van der Waals surface area contributed by atoms with Gasteiger partial charge in [-0.1, -0.05) is 0 Å². The molecule has 10 nitrogen and oxygen atoms in total. The Hall–Kier alpha value is -1.56. The van der Waals surface area contributed by atoms with Crippen LogP contribution in [0.25, 0.3) is 0 Å². The molecule has 0 aromatic heterocycles. The Labute approximate surface area is 130 Å². The van der Waals surface area contributed by atoms with Crippen LogP contribution >= 0.6 is 0 Å². The fraction of sp³-hybridized carbons (Fsp3) is 0.692. The normalized spacial score (nSPS) is 44.2. The first-order valence-electron chi connectivity index (χ1n) is 7.25. The smallest absolute Gasteiger partial charge is 0.265 e. The second-order valence-corrected chi connectivity index (χ2v) is 5.42. The van der Waals surface area contributed by atoms with E-state index in [1.165, 1.54) is 0 Å². The topological polar surface area (TPSA) is 179 Å². The molecule has 0 amide bonds. The van der Waals surface area contributed by atoms with Gasteiger partial charge in [0, 0.05) is 7.77 Å². The van der Waals surface area contributed by atoms with Crippen molar-refractivity contribution in [1.29, 1.82) is 0 Å². The Kier molecular flexibility index (Phi) is 4.36. The summed E-state index contributed by atoms with van der Waals surface area (Å²) in [5.74, 6) is -10.5. The lowest BCUT2D eigenvalue weighted by Crippen LogP contribution is -2.66. The highest BCUT2D eigenvalue weighted by Gasteiger charge is 2.56. The second-order valence-electron chi connectivity index (χ2n) is 5.42. The van der Waals surface area contributed by atoms with Gasteiger partial charge in [0.2, 0.25) is 11.6 Å². The lowest BCUT2D eigenvalue weighted by Gasteiger charge is -2.46. The molecule has 0 bridgehead atoms. The number of carbonyl (C=O) groups is 4. The van der Waals surface area contributed by atoms with Gasteiger partial charge in [0.15, 0.2) is 11.6 Å². The largest absolute Gasteiger partial charge is 0.394 e. The van der Waals surface area contributed by atoms with Crippen molar-refractivity contribution in [3.8, 4) is 0 Å². The summed E-state index contributed by atoms with van der Waals surface area (Å²) in [6, 6.07) is 0. The van der Waals surface area contributed by atoms with Crippen LogP contribution in [0.15, 0.2) is 0 Å². The Bertz CT molecular complexity index is 589. The van der Waals surface area contributed by atoms with E-state index < -0.39 is 78.7 Å². The van der Waals surface area contributed by atoms with E-state index in [2.05, 4.69) is 0 Å². The van der Waals surface area contributed by atoms with Crippen LogP contribution in [0.1, 0.15) is 14.2 Å². The zero-order valence-corrected chi connectivity index (χ0v) is 11.7. The van der Waals surface area contributed by atoms with Crippen LogP contribution in [0, 0.1) is 5.92 Å². The first kappa shape index (κ1) is 16.3. The number of carbonyl (C=O) groups excluding carboxylic acids is 4. The van der Waals surface area contributed by atoms with E-state index in [1.54, 1.807) is 0 Å². The molecule has 10 heteroatoms. The summed E-state index contributed by atoms with van der Waals surface area (Å²) in [6.45, 7) is -0.913. The van der Waals surface area contributed by atoms with Crippen molar-refractivity contribution in [2.24, 2.45) is 5.92 Å². The molecule has 5 N–H and O–H groups in total. The lowest BCUT2D eigenvalue weighted by atomic mass is 9.78. The van der Waals surface area contributed by atoms with Gasteiger partial charge in [-0.2, -0.15) is 0 Å². The maximum absolute atomic E-state index is 11.9. The van der Waals surface area contributed by atoms with Gasteiger partial charge in [-0.05, 0) is 0 Å². The van der Waals surface area contributed by atoms with E-state index in [4.69, 9.17) is 11.2 Å². The molecule has 0 aromatic carbocycles. The Morgan fingerprint density at radius 2 is 1.78 bits per heavy atom. The minimum atomic E-state index is -3.04. The van der Waals surface area contributed by atoms with Crippen molar-refractivity contribution < 1.29 is 50.8 Å². The third kappa shape index (κ3) is 2.96. The Morgan fingerprint density at radius 1 is 1.17 bits per heavy atom. The van der Waals surface area contributed by atoms with E-state index in [9.17, 15) is 39.6 Å². The van der Waals surface area contributed by atoms with Crippen molar-refractivity contribution in [2.45, 2.75) is 43.0 Å². The third-order valence-corrected chi connectivity index (χ3v) is 3.84. The molecule has 1 saturated carbocycles. The maximum atomic E-state index is 11.9. The molecule has 7 atom stereocenters. The molecular formula is C13H16O10. The standard InChI is InChI=1S/C13H16O10/c14-3-7-10(19)11(20)12(21)13(22,23-7)2-4-5(15)1-6(16)9(18)8(4)17/h4,7,10-12,14,19-22H,1-3H2/t4?,7-,10+,11+,12-,13?/m1/s1/i2D/t2?,4?,7-,10+,11+,12-,13?. The summed E-state index contributed by atoms with van der Waals surface area (Å²) < 4.78 is 12.8. The molecule has 1 aliphatic carbocycles. The Morgan fingerprint density at radius 3 is 2.35 bits per heavy atom. The molecule has 0 spiro atoms.